The fourth-order valence-corrected chi connectivity index (χ4v) is 11.6. The van der Waals surface area contributed by atoms with Crippen molar-refractivity contribution in [2.45, 2.75) is 97.3 Å². The maximum absolute atomic E-state index is 6.23. The maximum Gasteiger partial charge on any atom is 4.00 e. The van der Waals surface area contributed by atoms with Gasteiger partial charge in [-0.15, -0.1) is 12.8 Å². The Balaban J connectivity index is 0. The fourth-order valence-electron chi connectivity index (χ4n) is 4.63. The Morgan fingerprint density at radius 3 is 1.29 bits per heavy atom. The predicted octanol–water partition coefficient (Wildman–Crippen LogP) is 1.95. The van der Waals surface area contributed by atoms with E-state index in [0.717, 1.165) is 26.1 Å². The molecule has 0 radical (unpaired) electrons. The summed E-state index contributed by atoms with van der Waals surface area (Å²) >= 11 is 0. The molecule has 0 fully saturated rings. The van der Waals surface area contributed by atoms with Crippen molar-refractivity contribution >= 4 is 32.8 Å². The first-order valence-electron chi connectivity index (χ1n) is 12.4. The first kappa shape index (κ1) is 38.4. The SMILES string of the molecule is CC(C1=[C-]CC=C1[Si](C)(C)CCO[Si](C)(C)C)C1=[C-]CC=C1[Si](C)(C)CCO[Si](C)(C)C.[Cl-].[Cl-].[Zr+4]. The standard InChI is InChI=1S/C26H48O2Si4.2ClH.Zr/c1-22(23-14-12-16-25(23)31(8,9)20-18-27-29(2,3)4)24-15-13-17-26(24)32(10,11)21-19-28-30(5,6)7;;;/h16-17,22H,12-13,18-21H2,1-11H3;2*1H;/q-2;;;+4/p-2. The summed E-state index contributed by atoms with van der Waals surface area (Å²) in [6, 6.07) is 2.39. The monoisotopic (exact) mass is 664 g/mol. The Labute approximate surface area is 253 Å². The van der Waals surface area contributed by atoms with E-state index in [1.165, 1.54) is 23.2 Å². The van der Waals surface area contributed by atoms with E-state index in [-0.39, 0.29) is 51.0 Å². The second-order valence-corrected chi connectivity index (χ2v) is 31.4. The van der Waals surface area contributed by atoms with Gasteiger partial charge in [0.05, 0.1) is 0 Å². The van der Waals surface area contributed by atoms with Gasteiger partial charge in [0.1, 0.15) is 0 Å². The molecule has 0 heterocycles. The summed E-state index contributed by atoms with van der Waals surface area (Å²) in [4.78, 5) is 0. The first-order valence-corrected chi connectivity index (χ1v) is 25.7. The Morgan fingerprint density at radius 2 is 1.00 bits per heavy atom. The minimum absolute atomic E-state index is 0. The molecule has 0 spiro atoms. The third kappa shape index (κ3) is 11.9. The summed E-state index contributed by atoms with van der Waals surface area (Å²) in [6.07, 6.45) is 14.4. The maximum atomic E-state index is 6.23. The molecule has 0 amide bonds. The zero-order valence-electron chi connectivity index (χ0n) is 24.0. The smallest absolute Gasteiger partial charge is 1.00 e. The summed E-state index contributed by atoms with van der Waals surface area (Å²) in [7, 11) is -6.03. The van der Waals surface area contributed by atoms with Crippen molar-refractivity contribution in [3.8, 4) is 0 Å². The molecular weight excluding hydrogens is 619 g/mol. The van der Waals surface area contributed by atoms with Crippen LogP contribution in [-0.4, -0.2) is 46.0 Å². The van der Waals surface area contributed by atoms with E-state index < -0.39 is 32.8 Å². The van der Waals surface area contributed by atoms with Gasteiger partial charge in [0.15, 0.2) is 16.6 Å². The van der Waals surface area contributed by atoms with Gasteiger partial charge in [-0.25, -0.2) is 11.1 Å². The second kappa shape index (κ2) is 15.1. The quantitative estimate of drug-likeness (QED) is 0.234. The third-order valence-electron chi connectivity index (χ3n) is 6.63. The molecule has 0 saturated carbocycles. The summed E-state index contributed by atoms with van der Waals surface area (Å²) < 4.78 is 12.5. The van der Waals surface area contributed by atoms with Crippen LogP contribution in [0.5, 0.6) is 0 Å². The van der Waals surface area contributed by atoms with Crippen LogP contribution in [0.4, 0.5) is 0 Å². The fraction of sp³-hybridized carbons (Fsp3) is 0.692. The zero-order chi connectivity index (χ0) is 24.4. The van der Waals surface area contributed by atoms with E-state index in [4.69, 9.17) is 8.85 Å². The van der Waals surface area contributed by atoms with Crippen molar-refractivity contribution in [1.82, 2.24) is 0 Å². The van der Waals surface area contributed by atoms with E-state index in [0.29, 0.717) is 5.92 Å². The molecule has 2 rings (SSSR count). The molecule has 0 aliphatic heterocycles. The van der Waals surface area contributed by atoms with Crippen molar-refractivity contribution in [2.24, 2.45) is 5.92 Å². The molecule has 2 aliphatic carbocycles. The molecule has 35 heavy (non-hydrogen) atoms. The van der Waals surface area contributed by atoms with E-state index in [1.807, 2.05) is 0 Å². The van der Waals surface area contributed by atoms with Gasteiger partial charge in [-0.2, -0.15) is 22.5 Å². The molecule has 0 atom stereocenters. The molecule has 0 bridgehead atoms. The Hall–Kier alpha value is 1.21. The number of rotatable bonds is 12. The van der Waals surface area contributed by atoms with E-state index >= 15 is 0 Å². The molecular formula is C26H48Cl2O2Si4Zr. The topological polar surface area (TPSA) is 18.5 Å². The van der Waals surface area contributed by atoms with Crippen LogP contribution in [-0.2, 0) is 35.1 Å². The summed E-state index contributed by atoms with van der Waals surface area (Å²) in [5, 5.41) is 3.23. The summed E-state index contributed by atoms with van der Waals surface area (Å²) in [5.74, 6) is 0.395. The number of halogens is 2. The van der Waals surface area contributed by atoms with Crippen LogP contribution in [0.15, 0.2) is 33.7 Å². The van der Waals surface area contributed by atoms with Crippen LogP contribution in [0.1, 0.15) is 19.8 Å². The van der Waals surface area contributed by atoms with Gasteiger partial charge in [0.25, 0.3) is 0 Å². The van der Waals surface area contributed by atoms with Gasteiger partial charge < -0.3 is 33.7 Å². The van der Waals surface area contributed by atoms with Gasteiger partial charge in [-0.05, 0) is 67.5 Å². The largest absolute Gasteiger partial charge is 4.00 e. The molecule has 0 unspecified atom stereocenters. The van der Waals surface area contributed by atoms with Gasteiger partial charge in [0.2, 0.25) is 0 Å². The van der Waals surface area contributed by atoms with Gasteiger partial charge in [0, 0.05) is 13.2 Å². The molecule has 0 saturated heterocycles. The van der Waals surface area contributed by atoms with E-state index in [1.54, 1.807) is 10.4 Å². The molecule has 9 heteroatoms. The van der Waals surface area contributed by atoms with Crippen LogP contribution >= 0.6 is 0 Å². The zero-order valence-corrected chi connectivity index (χ0v) is 32.0. The van der Waals surface area contributed by atoms with Gasteiger partial charge in [-0.1, -0.05) is 39.0 Å². The average molecular weight is 667 g/mol. The number of allylic oxidation sites excluding steroid dienone is 8. The van der Waals surface area contributed by atoms with Crippen LogP contribution < -0.4 is 24.8 Å². The van der Waals surface area contributed by atoms with Crippen LogP contribution in [0.2, 0.25) is 77.6 Å². The van der Waals surface area contributed by atoms with Crippen molar-refractivity contribution in [3.05, 3.63) is 45.8 Å². The Kier molecular flexibility index (Phi) is 16.6. The van der Waals surface area contributed by atoms with Crippen LogP contribution in [0.3, 0.4) is 0 Å². The first-order chi connectivity index (χ1) is 14.5. The normalized spacial score (nSPS) is 16.6. The average Bonchev–Trinajstić information content (AvgIpc) is 3.28. The summed E-state index contributed by atoms with van der Waals surface area (Å²) in [6.45, 7) is 28.0. The molecule has 198 valence electrons. The van der Waals surface area contributed by atoms with Gasteiger partial charge >= 0.3 is 26.2 Å². The third-order valence-corrected chi connectivity index (χ3v) is 15.5. The Morgan fingerprint density at radius 1 is 0.686 bits per heavy atom. The minimum Gasteiger partial charge on any atom is -1.00 e. The summed E-state index contributed by atoms with van der Waals surface area (Å²) in [5.41, 5.74) is 2.93. The van der Waals surface area contributed by atoms with Crippen molar-refractivity contribution in [1.29, 1.82) is 0 Å². The number of hydrogen-bond donors (Lipinski definition) is 0. The molecule has 0 aromatic rings. The van der Waals surface area contributed by atoms with E-state index in [9.17, 15) is 0 Å². The van der Waals surface area contributed by atoms with E-state index in [2.05, 4.69) is 96.7 Å². The molecule has 0 aromatic carbocycles. The Bertz CT molecular complexity index is 741. The van der Waals surface area contributed by atoms with Crippen LogP contribution in [0.25, 0.3) is 0 Å². The molecule has 2 aliphatic rings. The molecule has 0 N–H and O–H groups in total. The van der Waals surface area contributed by atoms with Crippen molar-refractivity contribution in [2.75, 3.05) is 13.2 Å². The van der Waals surface area contributed by atoms with Crippen LogP contribution in [0, 0.1) is 18.1 Å². The molecule has 2 nitrogen and oxygen atoms in total. The van der Waals surface area contributed by atoms with Gasteiger partial charge in [-0.3, -0.25) is 12.2 Å². The van der Waals surface area contributed by atoms with Crippen molar-refractivity contribution < 1.29 is 59.9 Å². The predicted molar refractivity (Wildman–Crippen MR) is 151 cm³/mol. The van der Waals surface area contributed by atoms with Crippen molar-refractivity contribution in [3.63, 3.8) is 0 Å². The number of hydrogen-bond acceptors (Lipinski definition) is 2. The minimum atomic E-state index is -1.56. The second-order valence-electron chi connectivity index (χ2n) is 12.7. The molecule has 0 aromatic heterocycles.